The number of halogens is 3. The molecule has 0 saturated carbocycles. The molecule has 1 aliphatic rings. The van der Waals surface area contributed by atoms with Crippen molar-refractivity contribution in [3.8, 4) is 0 Å². The van der Waals surface area contributed by atoms with Gasteiger partial charge in [0.2, 0.25) is 5.91 Å². The Morgan fingerprint density at radius 1 is 0.923 bits per heavy atom. The molecule has 3 rings (SSSR count). The first-order valence-electron chi connectivity index (χ1n) is 8.51. The van der Waals surface area contributed by atoms with Crippen LogP contribution in [-0.4, -0.2) is 43.5 Å². The first-order chi connectivity index (χ1) is 12.6. The summed E-state index contributed by atoms with van der Waals surface area (Å²) in [5.41, 5.74) is 0.987. The highest BCUT2D eigenvalue weighted by atomic mass is 19.2. The Balaban J connectivity index is 1.46. The summed E-state index contributed by atoms with van der Waals surface area (Å²) in [6.07, 6.45) is 0.157. The predicted molar refractivity (Wildman–Crippen MR) is 94.7 cm³/mol. The Morgan fingerprint density at radius 3 is 2.31 bits per heavy atom. The van der Waals surface area contributed by atoms with Crippen molar-refractivity contribution in [2.45, 2.75) is 6.42 Å². The van der Waals surface area contributed by atoms with Crippen LogP contribution in [0.3, 0.4) is 0 Å². The summed E-state index contributed by atoms with van der Waals surface area (Å²) in [6, 6.07) is 12.0. The Hall–Kier alpha value is -2.70. The highest BCUT2D eigenvalue weighted by Gasteiger charge is 2.21. The largest absolute Gasteiger partial charge is 0.382 e. The molecule has 1 N–H and O–H groups in total. The number of amides is 1. The van der Waals surface area contributed by atoms with Gasteiger partial charge in [0.15, 0.2) is 17.5 Å². The topological polar surface area (TPSA) is 35.6 Å². The van der Waals surface area contributed by atoms with E-state index in [2.05, 4.69) is 10.2 Å². The minimum Gasteiger partial charge on any atom is -0.382 e. The molecule has 0 bridgehead atoms. The molecular weight excluding hydrogens is 343 g/mol. The number of nitrogens with one attached hydrogen (secondary N) is 1. The summed E-state index contributed by atoms with van der Waals surface area (Å²) in [7, 11) is 0. The van der Waals surface area contributed by atoms with E-state index in [0.717, 1.165) is 30.9 Å². The van der Waals surface area contributed by atoms with Crippen molar-refractivity contribution in [2.24, 2.45) is 0 Å². The number of rotatable bonds is 5. The molecule has 1 heterocycles. The third-order valence-electron chi connectivity index (χ3n) is 4.44. The Bertz CT molecular complexity index is 762. The predicted octanol–water partition coefficient (Wildman–Crippen LogP) is 3.25. The first kappa shape index (κ1) is 18.1. The van der Waals surface area contributed by atoms with Crippen LogP contribution >= 0.6 is 0 Å². The maximum atomic E-state index is 13.6. The SMILES string of the molecule is O=C(CCNc1ccc(F)c(F)c1F)N1CCN(c2ccccc2)CC1. The summed E-state index contributed by atoms with van der Waals surface area (Å²) in [5, 5.41) is 2.65. The van der Waals surface area contributed by atoms with Gasteiger partial charge in [-0.25, -0.2) is 13.2 Å². The van der Waals surface area contributed by atoms with E-state index >= 15 is 0 Å². The van der Waals surface area contributed by atoms with Gasteiger partial charge < -0.3 is 15.1 Å². The van der Waals surface area contributed by atoms with Crippen LogP contribution in [0.2, 0.25) is 0 Å². The number of carbonyl (C=O) groups excluding carboxylic acids is 1. The number of piperazine rings is 1. The highest BCUT2D eigenvalue weighted by molar-refractivity contribution is 5.77. The van der Waals surface area contributed by atoms with Crippen molar-refractivity contribution in [1.82, 2.24) is 4.90 Å². The highest BCUT2D eigenvalue weighted by Crippen LogP contribution is 2.20. The summed E-state index contributed by atoms with van der Waals surface area (Å²) in [5.74, 6) is -4.07. The molecule has 0 radical (unpaired) electrons. The molecule has 2 aromatic rings. The third-order valence-corrected chi connectivity index (χ3v) is 4.44. The van der Waals surface area contributed by atoms with Gasteiger partial charge in [0, 0.05) is 44.8 Å². The van der Waals surface area contributed by atoms with Gasteiger partial charge in [0.1, 0.15) is 0 Å². The van der Waals surface area contributed by atoms with E-state index in [1.54, 1.807) is 4.90 Å². The van der Waals surface area contributed by atoms with E-state index < -0.39 is 17.5 Å². The fourth-order valence-electron chi connectivity index (χ4n) is 2.98. The summed E-state index contributed by atoms with van der Waals surface area (Å²) >= 11 is 0. The second-order valence-electron chi connectivity index (χ2n) is 6.10. The Labute approximate surface area is 150 Å². The molecule has 1 amide bonds. The number of hydrogen-bond donors (Lipinski definition) is 1. The lowest BCUT2D eigenvalue weighted by atomic mass is 10.2. The van der Waals surface area contributed by atoms with Crippen molar-refractivity contribution < 1.29 is 18.0 Å². The molecule has 26 heavy (non-hydrogen) atoms. The van der Waals surface area contributed by atoms with Crippen molar-refractivity contribution in [1.29, 1.82) is 0 Å². The van der Waals surface area contributed by atoms with Gasteiger partial charge in [-0.1, -0.05) is 18.2 Å². The number of benzene rings is 2. The molecule has 7 heteroatoms. The zero-order valence-electron chi connectivity index (χ0n) is 14.2. The van der Waals surface area contributed by atoms with E-state index in [0.29, 0.717) is 13.1 Å². The van der Waals surface area contributed by atoms with Crippen LogP contribution in [0.4, 0.5) is 24.5 Å². The van der Waals surface area contributed by atoms with E-state index in [9.17, 15) is 18.0 Å². The molecule has 0 aliphatic carbocycles. The Kier molecular flexibility index (Phi) is 5.65. The molecule has 1 aliphatic heterocycles. The maximum Gasteiger partial charge on any atom is 0.224 e. The molecule has 1 fully saturated rings. The molecule has 1 saturated heterocycles. The van der Waals surface area contributed by atoms with E-state index in [1.165, 1.54) is 0 Å². The number of nitrogens with zero attached hydrogens (tertiary/aromatic N) is 2. The second kappa shape index (κ2) is 8.12. The molecular formula is C19H20F3N3O. The number of para-hydroxylation sites is 1. The molecule has 0 atom stereocenters. The van der Waals surface area contributed by atoms with Gasteiger partial charge in [-0.2, -0.15) is 0 Å². The zero-order valence-corrected chi connectivity index (χ0v) is 14.2. The average Bonchev–Trinajstić information content (AvgIpc) is 2.68. The fraction of sp³-hybridized carbons (Fsp3) is 0.316. The molecule has 0 spiro atoms. The van der Waals surface area contributed by atoms with Gasteiger partial charge in [-0.3, -0.25) is 4.79 Å². The second-order valence-corrected chi connectivity index (χ2v) is 6.10. The fourth-order valence-corrected chi connectivity index (χ4v) is 2.98. The molecule has 4 nitrogen and oxygen atoms in total. The molecule has 2 aromatic carbocycles. The number of carbonyl (C=O) groups is 1. The summed E-state index contributed by atoms with van der Waals surface area (Å²) < 4.78 is 39.6. The monoisotopic (exact) mass is 363 g/mol. The number of anilines is 2. The van der Waals surface area contributed by atoms with Crippen LogP contribution in [0.1, 0.15) is 6.42 Å². The lowest BCUT2D eigenvalue weighted by molar-refractivity contribution is -0.131. The molecule has 138 valence electrons. The smallest absolute Gasteiger partial charge is 0.224 e. The van der Waals surface area contributed by atoms with Gasteiger partial charge in [0.05, 0.1) is 5.69 Å². The van der Waals surface area contributed by atoms with E-state index in [-0.39, 0.29) is 24.6 Å². The van der Waals surface area contributed by atoms with Crippen LogP contribution in [0.5, 0.6) is 0 Å². The van der Waals surface area contributed by atoms with Gasteiger partial charge in [0.25, 0.3) is 0 Å². The third kappa shape index (κ3) is 4.09. The first-order valence-corrected chi connectivity index (χ1v) is 8.51. The van der Waals surface area contributed by atoms with Crippen LogP contribution in [0, 0.1) is 17.5 Å². The molecule has 0 unspecified atom stereocenters. The zero-order chi connectivity index (χ0) is 18.5. The van der Waals surface area contributed by atoms with Crippen LogP contribution in [-0.2, 0) is 4.79 Å². The molecule has 0 aromatic heterocycles. The van der Waals surface area contributed by atoms with Gasteiger partial charge in [-0.15, -0.1) is 0 Å². The minimum atomic E-state index is -1.52. The van der Waals surface area contributed by atoms with E-state index in [1.807, 2.05) is 30.3 Å². The van der Waals surface area contributed by atoms with Crippen LogP contribution in [0.15, 0.2) is 42.5 Å². The van der Waals surface area contributed by atoms with Crippen molar-refractivity contribution >= 4 is 17.3 Å². The lowest BCUT2D eigenvalue weighted by Crippen LogP contribution is -2.49. The van der Waals surface area contributed by atoms with Crippen LogP contribution < -0.4 is 10.2 Å². The minimum absolute atomic E-state index is 0.0480. The quantitative estimate of drug-likeness (QED) is 0.829. The van der Waals surface area contributed by atoms with Gasteiger partial charge >= 0.3 is 0 Å². The standard InChI is InChI=1S/C19H20F3N3O/c20-15-6-7-16(19(22)18(15)21)23-9-8-17(26)25-12-10-24(11-13-25)14-4-2-1-3-5-14/h1-7,23H,8-13H2. The van der Waals surface area contributed by atoms with Crippen molar-refractivity contribution in [3.63, 3.8) is 0 Å². The van der Waals surface area contributed by atoms with Gasteiger partial charge in [-0.05, 0) is 24.3 Å². The summed E-state index contributed by atoms with van der Waals surface area (Å²) in [6.45, 7) is 2.89. The van der Waals surface area contributed by atoms with E-state index in [4.69, 9.17) is 0 Å². The van der Waals surface area contributed by atoms with Crippen molar-refractivity contribution in [2.75, 3.05) is 42.9 Å². The average molecular weight is 363 g/mol. The maximum absolute atomic E-state index is 13.6. The van der Waals surface area contributed by atoms with Crippen LogP contribution in [0.25, 0.3) is 0 Å². The van der Waals surface area contributed by atoms with Crippen molar-refractivity contribution in [3.05, 3.63) is 59.9 Å². The lowest BCUT2D eigenvalue weighted by Gasteiger charge is -2.36. The number of hydrogen-bond acceptors (Lipinski definition) is 3. The summed E-state index contributed by atoms with van der Waals surface area (Å²) in [4.78, 5) is 16.3. The normalized spacial score (nSPS) is 14.4. The Morgan fingerprint density at radius 2 is 1.62 bits per heavy atom.